The SMILES string of the molecule is C=CCC=CCS(=O)c1cccc(OC)c1. The molecular formula is C13H16O2S. The van der Waals surface area contributed by atoms with Crippen LogP contribution in [0.4, 0.5) is 0 Å². The Bertz CT molecular complexity index is 397. The molecule has 0 saturated heterocycles. The number of hydrogen-bond donors (Lipinski definition) is 0. The van der Waals surface area contributed by atoms with Crippen LogP contribution in [0.15, 0.2) is 54.0 Å². The Hall–Kier alpha value is -1.35. The molecule has 1 rings (SSSR count). The highest BCUT2D eigenvalue weighted by Crippen LogP contribution is 2.15. The third kappa shape index (κ3) is 4.03. The van der Waals surface area contributed by atoms with Crippen molar-refractivity contribution >= 4 is 10.8 Å². The molecule has 0 amide bonds. The molecule has 1 unspecified atom stereocenters. The minimum Gasteiger partial charge on any atom is -0.497 e. The molecule has 0 radical (unpaired) electrons. The number of rotatable bonds is 6. The molecule has 0 saturated carbocycles. The fourth-order valence-corrected chi connectivity index (χ4v) is 2.17. The van der Waals surface area contributed by atoms with E-state index < -0.39 is 10.8 Å². The lowest BCUT2D eigenvalue weighted by Crippen LogP contribution is -1.95. The van der Waals surface area contributed by atoms with Crippen LogP contribution >= 0.6 is 0 Å². The summed E-state index contributed by atoms with van der Waals surface area (Å²) in [4.78, 5) is 0.794. The summed E-state index contributed by atoms with van der Waals surface area (Å²) in [5.74, 6) is 1.27. The van der Waals surface area contributed by atoms with Crippen molar-refractivity contribution in [1.82, 2.24) is 0 Å². The Morgan fingerprint density at radius 1 is 1.44 bits per heavy atom. The quantitative estimate of drug-likeness (QED) is 0.710. The lowest BCUT2D eigenvalue weighted by molar-refractivity contribution is 0.413. The molecule has 1 aromatic carbocycles. The standard InChI is InChI=1S/C13H16O2S/c1-3-4-5-6-10-16(14)13-9-7-8-12(11-13)15-2/h3,5-9,11H,1,4,10H2,2H3. The fourth-order valence-electron chi connectivity index (χ4n) is 1.19. The zero-order valence-electron chi connectivity index (χ0n) is 9.39. The number of methoxy groups -OCH3 is 1. The highest BCUT2D eigenvalue weighted by molar-refractivity contribution is 7.85. The van der Waals surface area contributed by atoms with E-state index in [1.54, 1.807) is 13.2 Å². The normalized spacial score (nSPS) is 12.6. The zero-order chi connectivity index (χ0) is 11.8. The molecule has 0 bridgehead atoms. The van der Waals surface area contributed by atoms with Crippen LogP contribution in [0.25, 0.3) is 0 Å². The summed E-state index contributed by atoms with van der Waals surface area (Å²) in [5, 5.41) is 0. The van der Waals surface area contributed by atoms with E-state index in [-0.39, 0.29) is 0 Å². The molecule has 0 fully saturated rings. The summed E-state index contributed by atoms with van der Waals surface area (Å²) >= 11 is 0. The number of ether oxygens (including phenoxy) is 1. The van der Waals surface area contributed by atoms with E-state index >= 15 is 0 Å². The molecule has 16 heavy (non-hydrogen) atoms. The van der Waals surface area contributed by atoms with Crippen LogP contribution < -0.4 is 4.74 Å². The second kappa shape index (κ2) is 7.01. The van der Waals surface area contributed by atoms with Gasteiger partial charge in [0.2, 0.25) is 0 Å². The molecule has 86 valence electrons. The van der Waals surface area contributed by atoms with Crippen LogP contribution in [0, 0.1) is 0 Å². The van der Waals surface area contributed by atoms with Crippen LogP contribution in [0.1, 0.15) is 6.42 Å². The lowest BCUT2D eigenvalue weighted by Gasteiger charge is -2.02. The molecule has 0 aromatic heterocycles. The third-order valence-electron chi connectivity index (χ3n) is 2.02. The van der Waals surface area contributed by atoms with Gasteiger partial charge in [0.25, 0.3) is 0 Å². The van der Waals surface area contributed by atoms with Crippen molar-refractivity contribution < 1.29 is 8.95 Å². The Labute approximate surface area is 99.1 Å². The number of allylic oxidation sites excluding steroid dienone is 2. The largest absolute Gasteiger partial charge is 0.497 e. The van der Waals surface area contributed by atoms with Gasteiger partial charge in [-0.15, -0.1) is 6.58 Å². The van der Waals surface area contributed by atoms with Crippen molar-refractivity contribution in [2.75, 3.05) is 12.9 Å². The highest BCUT2D eigenvalue weighted by atomic mass is 32.2. The third-order valence-corrected chi connectivity index (χ3v) is 3.30. The summed E-state index contributed by atoms with van der Waals surface area (Å²) in [7, 11) is 0.603. The first-order valence-electron chi connectivity index (χ1n) is 5.06. The van der Waals surface area contributed by atoms with Gasteiger partial charge in [-0.3, -0.25) is 4.21 Å². The first-order valence-corrected chi connectivity index (χ1v) is 6.38. The summed E-state index contributed by atoms with van der Waals surface area (Å²) in [5.41, 5.74) is 0. The van der Waals surface area contributed by atoms with Crippen molar-refractivity contribution in [3.05, 3.63) is 49.1 Å². The van der Waals surface area contributed by atoms with Crippen molar-refractivity contribution in [1.29, 1.82) is 0 Å². The molecule has 1 aromatic rings. The molecule has 0 N–H and O–H groups in total. The maximum absolute atomic E-state index is 11.9. The second-order valence-electron chi connectivity index (χ2n) is 3.19. The van der Waals surface area contributed by atoms with Gasteiger partial charge in [0, 0.05) is 10.6 Å². The van der Waals surface area contributed by atoms with Crippen molar-refractivity contribution in [2.24, 2.45) is 0 Å². The summed E-state index contributed by atoms with van der Waals surface area (Å²) in [6.07, 6.45) is 6.50. The van der Waals surface area contributed by atoms with E-state index in [0.717, 1.165) is 17.1 Å². The first kappa shape index (κ1) is 12.7. The van der Waals surface area contributed by atoms with Crippen molar-refractivity contribution in [2.45, 2.75) is 11.3 Å². The van der Waals surface area contributed by atoms with Gasteiger partial charge in [-0.05, 0) is 24.6 Å². The van der Waals surface area contributed by atoms with Crippen LogP contribution in [0.5, 0.6) is 5.75 Å². The molecule has 0 aliphatic heterocycles. The van der Waals surface area contributed by atoms with Crippen LogP contribution in [0.3, 0.4) is 0 Å². The zero-order valence-corrected chi connectivity index (χ0v) is 10.2. The minimum absolute atomic E-state index is 0.529. The average Bonchev–Trinajstić information content (AvgIpc) is 2.34. The van der Waals surface area contributed by atoms with Crippen molar-refractivity contribution in [3.8, 4) is 5.75 Å². The van der Waals surface area contributed by atoms with Crippen molar-refractivity contribution in [3.63, 3.8) is 0 Å². The Kier molecular flexibility index (Phi) is 5.57. The van der Waals surface area contributed by atoms with Gasteiger partial charge < -0.3 is 4.74 Å². The van der Waals surface area contributed by atoms with Gasteiger partial charge in [0.15, 0.2) is 0 Å². The molecule has 0 aliphatic carbocycles. The minimum atomic E-state index is -1.000. The topological polar surface area (TPSA) is 26.3 Å². The van der Waals surface area contributed by atoms with Gasteiger partial charge in [-0.2, -0.15) is 0 Å². The van der Waals surface area contributed by atoms with E-state index in [2.05, 4.69) is 6.58 Å². The van der Waals surface area contributed by atoms with E-state index in [0.29, 0.717) is 5.75 Å². The van der Waals surface area contributed by atoms with E-state index in [1.165, 1.54) is 0 Å². The lowest BCUT2D eigenvalue weighted by atomic mass is 10.3. The van der Waals surface area contributed by atoms with E-state index in [9.17, 15) is 4.21 Å². The van der Waals surface area contributed by atoms with E-state index in [1.807, 2.05) is 36.4 Å². The summed E-state index contributed by atoms with van der Waals surface area (Å²) in [6, 6.07) is 7.34. The van der Waals surface area contributed by atoms with Gasteiger partial charge in [0.1, 0.15) is 5.75 Å². The molecule has 0 heterocycles. The highest BCUT2D eigenvalue weighted by Gasteiger charge is 2.02. The van der Waals surface area contributed by atoms with Crippen LogP contribution in [0.2, 0.25) is 0 Å². The maximum Gasteiger partial charge on any atom is 0.120 e. The van der Waals surface area contributed by atoms with Gasteiger partial charge >= 0.3 is 0 Å². The predicted octanol–water partition coefficient (Wildman–Crippen LogP) is 2.94. The van der Waals surface area contributed by atoms with Gasteiger partial charge in [-0.25, -0.2) is 0 Å². The van der Waals surface area contributed by atoms with Crippen LogP contribution in [-0.4, -0.2) is 17.1 Å². The molecule has 0 aliphatic rings. The smallest absolute Gasteiger partial charge is 0.120 e. The fraction of sp³-hybridized carbons (Fsp3) is 0.231. The number of hydrogen-bond acceptors (Lipinski definition) is 2. The summed E-state index contributed by atoms with van der Waals surface area (Å²) in [6.45, 7) is 3.61. The van der Waals surface area contributed by atoms with E-state index in [4.69, 9.17) is 4.74 Å². The van der Waals surface area contributed by atoms with Crippen LogP contribution in [-0.2, 0) is 10.8 Å². The molecule has 1 atom stereocenters. The molecule has 3 heteroatoms. The Morgan fingerprint density at radius 2 is 2.25 bits per heavy atom. The van der Waals surface area contributed by atoms with Gasteiger partial charge in [0.05, 0.1) is 17.9 Å². The second-order valence-corrected chi connectivity index (χ2v) is 4.68. The molecule has 2 nitrogen and oxygen atoms in total. The molecule has 0 spiro atoms. The Morgan fingerprint density at radius 3 is 2.94 bits per heavy atom. The Balaban J connectivity index is 2.61. The maximum atomic E-state index is 11.9. The summed E-state index contributed by atoms with van der Waals surface area (Å²) < 4.78 is 16.9. The first-order chi connectivity index (χ1) is 7.77. The monoisotopic (exact) mass is 236 g/mol. The number of benzene rings is 1. The average molecular weight is 236 g/mol. The predicted molar refractivity (Wildman–Crippen MR) is 68.2 cm³/mol. The molecular weight excluding hydrogens is 220 g/mol. The van der Waals surface area contributed by atoms with Gasteiger partial charge in [-0.1, -0.05) is 24.3 Å².